The normalized spacial score (nSPS) is 18.9. The molecule has 1 fully saturated rings. The maximum atomic E-state index is 12.0. The SMILES string of the molecule is CC(C)(C)OC(=O)N1CCC(Cc2ncc(Cl)c(=O)[nH]2)C1. The molecule has 2 heterocycles. The molecule has 1 saturated heterocycles. The van der Waals surface area contributed by atoms with Crippen molar-refractivity contribution in [1.82, 2.24) is 14.9 Å². The first-order valence-corrected chi connectivity index (χ1v) is 7.34. The van der Waals surface area contributed by atoms with Gasteiger partial charge in [0.15, 0.2) is 0 Å². The highest BCUT2D eigenvalue weighted by Crippen LogP contribution is 2.21. The van der Waals surface area contributed by atoms with E-state index in [1.807, 2.05) is 20.8 Å². The summed E-state index contributed by atoms with van der Waals surface area (Å²) in [5, 5.41) is 0.0838. The van der Waals surface area contributed by atoms with Gasteiger partial charge in [0.2, 0.25) is 0 Å². The number of aromatic nitrogens is 2. The zero-order valence-electron chi connectivity index (χ0n) is 12.5. The molecule has 1 aliphatic heterocycles. The van der Waals surface area contributed by atoms with E-state index in [9.17, 15) is 9.59 Å². The molecule has 116 valence electrons. The molecule has 0 bridgehead atoms. The van der Waals surface area contributed by atoms with E-state index >= 15 is 0 Å². The van der Waals surface area contributed by atoms with Gasteiger partial charge in [0.05, 0.1) is 6.20 Å². The Hall–Kier alpha value is -1.56. The summed E-state index contributed by atoms with van der Waals surface area (Å²) in [4.78, 5) is 31.9. The molecule has 1 N–H and O–H groups in total. The van der Waals surface area contributed by atoms with Crippen molar-refractivity contribution >= 4 is 17.7 Å². The highest BCUT2D eigenvalue weighted by Gasteiger charge is 2.30. The number of nitrogens with zero attached hydrogens (tertiary/aromatic N) is 2. The maximum absolute atomic E-state index is 12.0. The number of amides is 1. The lowest BCUT2D eigenvalue weighted by atomic mass is 10.0. The Morgan fingerprint density at radius 2 is 2.29 bits per heavy atom. The number of nitrogens with one attached hydrogen (secondary N) is 1. The second kappa shape index (κ2) is 6.05. The van der Waals surface area contributed by atoms with E-state index in [0.717, 1.165) is 6.42 Å². The average molecular weight is 314 g/mol. The van der Waals surface area contributed by atoms with Crippen LogP contribution in [0.25, 0.3) is 0 Å². The summed E-state index contributed by atoms with van der Waals surface area (Å²) in [7, 11) is 0. The number of likely N-dealkylation sites (tertiary alicyclic amines) is 1. The summed E-state index contributed by atoms with van der Waals surface area (Å²) in [5.74, 6) is 0.863. The van der Waals surface area contributed by atoms with E-state index in [0.29, 0.717) is 25.3 Å². The van der Waals surface area contributed by atoms with Crippen molar-refractivity contribution in [2.24, 2.45) is 5.92 Å². The Morgan fingerprint density at radius 3 is 2.90 bits per heavy atom. The number of hydrogen-bond donors (Lipinski definition) is 1. The summed E-state index contributed by atoms with van der Waals surface area (Å²) >= 11 is 5.65. The van der Waals surface area contributed by atoms with Gasteiger partial charge < -0.3 is 14.6 Å². The predicted molar refractivity (Wildman–Crippen MR) is 79.5 cm³/mol. The minimum Gasteiger partial charge on any atom is -0.444 e. The van der Waals surface area contributed by atoms with Gasteiger partial charge in [0.1, 0.15) is 16.4 Å². The van der Waals surface area contributed by atoms with Crippen molar-refractivity contribution in [3.05, 3.63) is 27.4 Å². The van der Waals surface area contributed by atoms with Gasteiger partial charge in [-0.2, -0.15) is 0 Å². The molecule has 1 amide bonds. The van der Waals surface area contributed by atoms with Crippen molar-refractivity contribution < 1.29 is 9.53 Å². The fraction of sp³-hybridized carbons (Fsp3) is 0.643. The van der Waals surface area contributed by atoms with Gasteiger partial charge in [0, 0.05) is 19.5 Å². The van der Waals surface area contributed by atoms with Gasteiger partial charge in [-0.3, -0.25) is 4.79 Å². The first-order chi connectivity index (χ1) is 9.74. The zero-order chi connectivity index (χ0) is 15.6. The molecule has 1 atom stereocenters. The van der Waals surface area contributed by atoms with E-state index in [2.05, 4.69) is 9.97 Å². The van der Waals surface area contributed by atoms with E-state index < -0.39 is 5.60 Å². The molecular weight excluding hydrogens is 294 g/mol. The van der Waals surface area contributed by atoms with Crippen molar-refractivity contribution in [1.29, 1.82) is 0 Å². The number of hydrogen-bond acceptors (Lipinski definition) is 4. The van der Waals surface area contributed by atoms with Gasteiger partial charge in [0.25, 0.3) is 5.56 Å². The Balaban J connectivity index is 1.92. The largest absolute Gasteiger partial charge is 0.444 e. The van der Waals surface area contributed by atoms with Gasteiger partial charge in [-0.25, -0.2) is 9.78 Å². The molecule has 1 aromatic rings. The summed E-state index contributed by atoms with van der Waals surface area (Å²) in [6.07, 6.45) is 2.55. The lowest BCUT2D eigenvalue weighted by molar-refractivity contribution is 0.0288. The first-order valence-electron chi connectivity index (χ1n) is 6.96. The summed E-state index contributed by atoms with van der Waals surface area (Å²) in [6.45, 7) is 6.82. The lowest BCUT2D eigenvalue weighted by Crippen LogP contribution is -2.35. The van der Waals surface area contributed by atoms with Gasteiger partial charge >= 0.3 is 6.09 Å². The predicted octanol–water partition coefficient (Wildman–Crippen LogP) is 2.22. The highest BCUT2D eigenvalue weighted by atomic mass is 35.5. The quantitative estimate of drug-likeness (QED) is 0.908. The van der Waals surface area contributed by atoms with E-state index in [-0.39, 0.29) is 22.6 Å². The number of ether oxygens (including phenoxy) is 1. The molecule has 0 radical (unpaired) electrons. The van der Waals surface area contributed by atoms with Crippen molar-refractivity contribution in [3.63, 3.8) is 0 Å². The minimum atomic E-state index is -0.488. The van der Waals surface area contributed by atoms with Crippen molar-refractivity contribution in [2.45, 2.75) is 39.2 Å². The maximum Gasteiger partial charge on any atom is 0.410 e. The van der Waals surface area contributed by atoms with Crippen LogP contribution in [0, 0.1) is 5.92 Å². The van der Waals surface area contributed by atoms with Crippen LogP contribution in [0.2, 0.25) is 5.02 Å². The number of rotatable bonds is 2. The second-order valence-electron chi connectivity index (χ2n) is 6.29. The Morgan fingerprint density at radius 1 is 1.57 bits per heavy atom. The Labute approximate surface area is 128 Å². The summed E-state index contributed by atoms with van der Waals surface area (Å²) in [6, 6.07) is 0. The molecule has 1 unspecified atom stereocenters. The Bertz CT molecular complexity index is 580. The number of carbonyl (C=O) groups is 1. The van der Waals surface area contributed by atoms with Crippen LogP contribution in [0.5, 0.6) is 0 Å². The topological polar surface area (TPSA) is 75.3 Å². The van der Waals surface area contributed by atoms with Crippen molar-refractivity contribution in [3.8, 4) is 0 Å². The standard InChI is InChI=1S/C14H20ClN3O3/c1-14(2,3)21-13(20)18-5-4-9(8-18)6-11-16-7-10(15)12(19)17-11/h7,9H,4-6,8H2,1-3H3,(H,16,17,19). The molecule has 1 aliphatic rings. The summed E-state index contributed by atoms with van der Waals surface area (Å²) < 4.78 is 5.35. The lowest BCUT2D eigenvalue weighted by Gasteiger charge is -2.24. The molecule has 0 spiro atoms. The van der Waals surface area contributed by atoms with Crippen LogP contribution in [0.1, 0.15) is 33.0 Å². The molecule has 7 heteroatoms. The minimum absolute atomic E-state index is 0.0838. The van der Waals surface area contributed by atoms with Crippen molar-refractivity contribution in [2.75, 3.05) is 13.1 Å². The highest BCUT2D eigenvalue weighted by molar-refractivity contribution is 6.30. The summed E-state index contributed by atoms with van der Waals surface area (Å²) in [5.41, 5.74) is -0.818. The van der Waals surface area contributed by atoms with E-state index in [4.69, 9.17) is 16.3 Å². The third-order valence-corrected chi connectivity index (χ3v) is 3.50. The molecule has 6 nitrogen and oxygen atoms in total. The third kappa shape index (κ3) is 4.46. The number of H-pyrrole nitrogens is 1. The molecule has 0 aliphatic carbocycles. The van der Waals surface area contributed by atoms with Crippen LogP contribution in [0.3, 0.4) is 0 Å². The Kier molecular flexibility index (Phi) is 4.56. The third-order valence-electron chi connectivity index (χ3n) is 3.23. The number of carbonyl (C=O) groups excluding carboxylic acids is 1. The van der Waals surface area contributed by atoms with E-state index in [1.165, 1.54) is 6.20 Å². The molecule has 0 saturated carbocycles. The van der Waals surface area contributed by atoms with Crippen LogP contribution >= 0.6 is 11.6 Å². The van der Waals surface area contributed by atoms with E-state index in [1.54, 1.807) is 4.90 Å². The van der Waals surface area contributed by atoms with Gasteiger partial charge in [-0.05, 0) is 33.1 Å². The number of aromatic amines is 1. The monoisotopic (exact) mass is 313 g/mol. The van der Waals surface area contributed by atoms with Crippen LogP contribution < -0.4 is 5.56 Å². The molecule has 1 aromatic heterocycles. The molecule has 21 heavy (non-hydrogen) atoms. The van der Waals surface area contributed by atoms with Crippen LogP contribution in [-0.2, 0) is 11.2 Å². The fourth-order valence-corrected chi connectivity index (χ4v) is 2.38. The molecule has 0 aromatic carbocycles. The fourth-order valence-electron chi connectivity index (χ4n) is 2.28. The van der Waals surface area contributed by atoms with Gasteiger partial charge in [-0.1, -0.05) is 11.6 Å². The van der Waals surface area contributed by atoms with Crippen LogP contribution in [0.15, 0.2) is 11.0 Å². The van der Waals surface area contributed by atoms with Crippen LogP contribution in [-0.4, -0.2) is 39.7 Å². The first kappa shape index (κ1) is 15.8. The second-order valence-corrected chi connectivity index (χ2v) is 6.70. The number of halogens is 1. The van der Waals surface area contributed by atoms with Gasteiger partial charge in [-0.15, -0.1) is 0 Å². The average Bonchev–Trinajstić information content (AvgIpc) is 2.80. The zero-order valence-corrected chi connectivity index (χ0v) is 13.2. The molecular formula is C14H20ClN3O3. The smallest absolute Gasteiger partial charge is 0.410 e. The molecule has 2 rings (SSSR count). The van der Waals surface area contributed by atoms with Crippen LogP contribution in [0.4, 0.5) is 4.79 Å².